The van der Waals surface area contributed by atoms with Crippen molar-refractivity contribution in [2.45, 2.75) is 38.0 Å². The van der Waals surface area contributed by atoms with Crippen molar-refractivity contribution >= 4 is 21.6 Å². The number of hydrogen-bond donors (Lipinski definition) is 2. The molecule has 106 valence electrons. The van der Waals surface area contributed by atoms with Crippen LogP contribution in [0.2, 0.25) is 0 Å². The van der Waals surface area contributed by atoms with Crippen molar-refractivity contribution in [3.05, 3.63) is 24.3 Å². The summed E-state index contributed by atoms with van der Waals surface area (Å²) in [6.45, 7) is 4.19. The van der Waals surface area contributed by atoms with Crippen molar-refractivity contribution in [2.75, 3.05) is 11.9 Å². The minimum absolute atomic E-state index is 0.100. The Hall–Kier alpha value is -1.40. The van der Waals surface area contributed by atoms with Gasteiger partial charge in [-0.05, 0) is 30.7 Å². The largest absolute Gasteiger partial charge is 0.326 e. The molecular formula is C13H20N2O3S. The van der Waals surface area contributed by atoms with Gasteiger partial charge in [0, 0.05) is 18.7 Å². The fourth-order valence-electron chi connectivity index (χ4n) is 1.43. The zero-order valence-corrected chi connectivity index (χ0v) is 12.1. The summed E-state index contributed by atoms with van der Waals surface area (Å²) in [7, 11) is -3.45. The van der Waals surface area contributed by atoms with Crippen molar-refractivity contribution in [1.29, 1.82) is 0 Å². The lowest BCUT2D eigenvalue weighted by atomic mass is 10.3. The summed E-state index contributed by atoms with van der Waals surface area (Å²) in [5.74, 6) is -0.100. The number of carbonyl (C=O) groups is 1. The third-order valence-electron chi connectivity index (χ3n) is 2.59. The molecule has 1 rings (SSSR count). The number of benzene rings is 1. The van der Waals surface area contributed by atoms with Crippen LogP contribution < -0.4 is 10.0 Å². The van der Waals surface area contributed by atoms with E-state index >= 15 is 0 Å². The van der Waals surface area contributed by atoms with Crippen LogP contribution in [0.5, 0.6) is 0 Å². The van der Waals surface area contributed by atoms with Crippen LogP contribution in [-0.2, 0) is 14.8 Å². The fraction of sp³-hybridized carbons (Fsp3) is 0.462. The van der Waals surface area contributed by atoms with Crippen molar-refractivity contribution < 1.29 is 13.2 Å². The average Bonchev–Trinajstić information content (AvgIpc) is 2.39. The van der Waals surface area contributed by atoms with E-state index in [4.69, 9.17) is 0 Å². The summed E-state index contributed by atoms with van der Waals surface area (Å²) in [5, 5.41) is 2.67. The van der Waals surface area contributed by atoms with Gasteiger partial charge in [0.15, 0.2) is 0 Å². The van der Waals surface area contributed by atoms with Gasteiger partial charge in [-0.2, -0.15) is 0 Å². The number of nitrogens with one attached hydrogen (secondary N) is 2. The lowest BCUT2D eigenvalue weighted by molar-refractivity contribution is -0.115. The van der Waals surface area contributed by atoms with E-state index in [0.29, 0.717) is 18.7 Å². The smallest absolute Gasteiger partial charge is 0.240 e. The molecule has 0 unspecified atom stereocenters. The lowest BCUT2D eigenvalue weighted by Gasteiger charge is -2.07. The van der Waals surface area contributed by atoms with E-state index in [9.17, 15) is 13.2 Å². The molecule has 0 radical (unpaired) electrons. The number of hydrogen-bond acceptors (Lipinski definition) is 3. The van der Waals surface area contributed by atoms with Gasteiger partial charge in [-0.15, -0.1) is 0 Å². The maximum absolute atomic E-state index is 11.9. The molecule has 1 amide bonds. The quantitative estimate of drug-likeness (QED) is 0.753. The molecule has 5 nitrogen and oxygen atoms in total. The molecule has 6 heteroatoms. The van der Waals surface area contributed by atoms with Gasteiger partial charge < -0.3 is 5.32 Å². The monoisotopic (exact) mass is 284 g/mol. The maximum atomic E-state index is 11.9. The third-order valence-corrected chi connectivity index (χ3v) is 4.07. The van der Waals surface area contributed by atoms with Crippen molar-refractivity contribution in [3.8, 4) is 0 Å². The van der Waals surface area contributed by atoms with E-state index in [2.05, 4.69) is 10.0 Å². The molecule has 0 bridgehead atoms. The molecular weight excluding hydrogens is 264 g/mol. The van der Waals surface area contributed by atoms with E-state index < -0.39 is 10.0 Å². The molecule has 1 aromatic rings. The number of carbonyl (C=O) groups excluding carboxylic acids is 1. The van der Waals surface area contributed by atoms with Gasteiger partial charge in [-0.1, -0.05) is 20.3 Å². The zero-order chi connectivity index (χ0) is 14.3. The fourth-order valence-corrected chi connectivity index (χ4v) is 2.51. The van der Waals surface area contributed by atoms with Crippen LogP contribution in [0.4, 0.5) is 5.69 Å². The van der Waals surface area contributed by atoms with E-state index in [1.165, 1.54) is 12.1 Å². The van der Waals surface area contributed by atoms with Gasteiger partial charge in [0.1, 0.15) is 0 Å². The van der Waals surface area contributed by atoms with Gasteiger partial charge in [0.05, 0.1) is 4.90 Å². The second-order valence-corrected chi connectivity index (χ2v) is 5.94. The van der Waals surface area contributed by atoms with Crippen LogP contribution in [0.3, 0.4) is 0 Å². The number of amides is 1. The van der Waals surface area contributed by atoms with Crippen LogP contribution in [0.25, 0.3) is 0 Å². The first-order valence-electron chi connectivity index (χ1n) is 6.39. The van der Waals surface area contributed by atoms with Crippen molar-refractivity contribution in [1.82, 2.24) is 4.72 Å². The Morgan fingerprint density at radius 2 is 1.79 bits per heavy atom. The summed E-state index contributed by atoms with van der Waals surface area (Å²) in [5.41, 5.74) is 0.597. The summed E-state index contributed by atoms with van der Waals surface area (Å²) < 4.78 is 26.3. The maximum Gasteiger partial charge on any atom is 0.240 e. The predicted molar refractivity (Wildman–Crippen MR) is 75.5 cm³/mol. The highest BCUT2D eigenvalue weighted by Crippen LogP contribution is 2.14. The highest BCUT2D eigenvalue weighted by Gasteiger charge is 2.12. The number of unbranched alkanes of at least 4 members (excludes halogenated alkanes) is 1. The van der Waals surface area contributed by atoms with E-state index in [-0.39, 0.29) is 10.8 Å². The Morgan fingerprint density at radius 1 is 1.16 bits per heavy atom. The zero-order valence-electron chi connectivity index (χ0n) is 11.3. The highest BCUT2D eigenvalue weighted by atomic mass is 32.2. The molecule has 0 saturated heterocycles. The standard InChI is InChI=1S/C13H20N2O3S/c1-3-5-10-14-19(17,18)12-8-6-11(7-9-12)15-13(16)4-2/h6-9,14H,3-5,10H2,1-2H3,(H,15,16). The first-order valence-corrected chi connectivity index (χ1v) is 7.87. The molecule has 19 heavy (non-hydrogen) atoms. The summed E-state index contributed by atoms with van der Waals surface area (Å²) in [6, 6.07) is 6.14. The Bertz CT molecular complexity index is 509. The minimum Gasteiger partial charge on any atom is -0.326 e. The Labute approximate surface area is 114 Å². The molecule has 0 saturated carbocycles. The third kappa shape index (κ3) is 5.00. The van der Waals surface area contributed by atoms with Gasteiger partial charge >= 0.3 is 0 Å². The number of rotatable bonds is 7. The SMILES string of the molecule is CCCCNS(=O)(=O)c1ccc(NC(=O)CC)cc1. The molecule has 0 atom stereocenters. The lowest BCUT2D eigenvalue weighted by Crippen LogP contribution is -2.24. The molecule has 0 aliphatic carbocycles. The molecule has 0 fully saturated rings. The summed E-state index contributed by atoms with van der Waals surface area (Å²) in [6.07, 6.45) is 2.13. The Kier molecular flexibility index (Phi) is 5.98. The van der Waals surface area contributed by atoms with Crippen molar-refractivity contribution in [3.63, 3.8) is 0 Å². The average molecular weight is 284 g/mol. The van der Waals surface area contributed by atoms with Crippen LogP contribution in [0.15, 0.2) is 29.2 Å². The second kappa shape index (κ2) is 7.25. The second-order valence-electron chi connectivity index (χ2n) is 4.18. The minimum atomic E-state index is -3.45. The molecule has 2 N–H and O–H groups in total. The van der Waals surface area contributed by atoms with Gasteiger partial charge in [0.25, 0.3) is 0 Å². The molecule has 0 aliphatic rings. The molecule has 1 aromatic carbocycles. The van der Waals surface area contributed by atoms with E-state index in [0.717, 1.165) is 12.8 Å². The molecule has 0 aromatic heterocycles. The topological polar surface area (TPSA) is 75.3 Å². The summed E-state index contributed by atoms with van der Waals surface area (Å²) >= 11 is 0. The van der Waals surface area contributed by atoms with Gasteiger partial charge in [-0.3, -0.25) is 4.79 Å². The first-order chi connectivity index (χ1) is 8.99. The van der Waals surface area contributed by atoms with E-state index in [1.807, 2.05) is 6.92 Å². The Morgan fingerprint density at radius 3 is 2.32 bits per heavy atom. The first kappa shape index (κ1) is 15.7. The highest BCUT2D eigenvalue weighted by molar-refractivity contribution is 7.89. The van der Waals surface area contributed by atoms with Crippen LogP contribution in [0, 0.1) is 0 Å². The molecule has 0 spiro atoms. The predicted octanol–water partition coefficient (Wildman–Crippen LogP) is 2.11. The van der Waals surface area contributed by atoms with Crippen LogP contribution >= 0.6 is 0 Å². The molecule has 0 heterocycles. The van der Waals surface area contributed by atoms with E-state index in [1.54, 1.807) is 19.1 Å². The Balaban J connectivity index is 2.72. The normalized spacial score (nSPS) is 11.3. The van der Waals surface area contributed by atoms with Crippen molar-refractivity contribution in [2.24, 2.45) is 0 Å². The van der Waals surface area contributed by atoms with Crippen LogP contribution in [0.1, 0.15) is 33.1 Å². The number of sulfonamides is 1. The number of anilines is 1. The summed E-state index contributed by atoms with van der Waals surface area (Å²) in [4.78, 5) is 11.4. The van der Waals surface area contributed by atoms with Gasteiger partial charge in [-0.25, -0.2) is 13.1 Å². The van der Waals surface area contributed by atoms with Crippen LogP contribution in [-0.4, -0.2) is 20.9 Å². The molecule has 0 aliphatic heterocycles. The van der Waals surface area contributed by atoms with Gasteiger partial charge in [0.2, 0.25) is 15.9 Å².